The molecule has 2 unspecified atom stereocenters. The lowest BCUT2D eigenvalue weighted by atomic mass is 10.1. The fraction of sp³-hybridized carbons (Fsp3) is 0.646. The quantitative estimate of drug-likeness (QED) is 0.0120. The van der Waals surface area contributed by atoms with Crippen molar-refractivity contribution in [2.45, 2.75) is 154 Å². The van der Waals surface area contributed by atoms with Gasteiger partial charge in [-0.3, -0.25) is 13.8 Å². The second-order valence-corrected chi connectivity index (χ2v) is 17.1. The molecule has 0 fully saturated rings. The molecule has 2 N–H and O–H groups in total. The maximum absolute atomic E-state index is 12.5. The highest BCUT2D eigenvalue weighted by Gasteiger charge is 2.25. The van der Waals surface area contributed by atoms with E-state index in [-0.39, 0.29) is 26.2 Å². The lowest BCUT2D eigenvalue weighted by Crippen LogP contribution is -2.37. The minimum absolute atomic E-state index is 0.0556. The Labute approximate surface area is 354 Å². The molecule has 0 aliphatic carbocycles. The van der Waals surface area contributed by atoms with Crippen LogP contribution in [0.15, 0.2) is 97.4 Å². The third-order valence-corrected chi connectivity index (χ3v) is 9.80. The normalized spacial score (nSPS) is 15.2. The largest absolute Gasteiger partial charge is 0.492 e. The van der Waals surface area contributed by atoms with E-state index < -0.39 is 26.0 Å². The molecule has 0 amide bonds. The zero-order valence-electron chi connectivity index (χ0n) is 37.1. The predicted molar refractivity (Wildman–Crippen MR) is 243 cm³/mol. The fourth-order valence-electron chi connectivity index (χ4n) is 5.29. The van der Waals surface area contributed by atoms with E-state index in [9.17, 15) is 19.4 Å². The first-order valence-electron chi connectivity index (χ1n) is 22.1. The summed E-state index contributed by atoms with van der Waals surface area (Å²) in [5, 5.41) is 10.2. The van der Waals surface area contributed by atoms with Gasteiger partial charge in [0.2, 0.25) is 0 Å². The Morgan fingerprint density at radius 1 is 0.655 bits per heavy atom. The molecule has 0 radical (unpaired) electrons. The van der Waals surface area contributed by atoms with Crippen molar-refractivity contribution in [3.05, 3.63) is 97.4 Å². The molecule has 0 saturated heterocycles. The Morgan fingerprint density at radius 3 is 1.84 bits per heavy atom. The number of carbonyl (C=O) groups is 1. The number of allylic oxidation sites excluding steroid dienone is 13. The summed E-state index contributed by atoms with van der Waals surface area (Å²) in [5.74, 6) is -0.424. The van der Waals surface area contributed by atoms with Crippen molar-refractivity contribution in [2.75, 3.05) is 47.5 Å². The van der Waals surface area contributed by atoms with Crippen LogP contribution in [0.4, 0.5) is 0 Å². The van der Waals surface area contributed by atoms with E-state index in [1.54, 1.807) is 12.3 Å². The van der Waals surface area contributed by atoms with Gasteiger partial charge in [0.25, 0.3) is 0 Å². The number of quaternary nitrogens is 1. The van der Waals surface area contributed by atoms with Crippen molar-refractivity contribution in [1.82, 2.24) is 0 Å². The van der Waals surface area contributed by atoms with Crippen LogP contribution in [0.2, 0.25) is 0 Å². The van der Waals surface area contributed by atoms with Gasteiger partial charge >= 0.3 is 13.8 Å². The molecule has 0 aromatic rings. The average Bonchev–Trinajstić information content (AvgIpc) is 3.17. The van der Waals surface area contributed by atoms with Gasteiger partial charge in [-0.2, -0.15) is 0 Å². The van der Waals surface area contributed by atoms with Crippen molar-refractivity contribution in [3.63, 3.8) is 0 Å². The molecule has 0 aliphatic heterocycles. The van der Waals surface area contributed by atoms with Gasteiger partial charge in [-0.1, -0.05) is 144 Å². The Hall–Kier alpha value is -2.78. The van der Waals surface area contributed by atoms with E-state index in [0.717, 1.165) is 44.9 Å². The molecule has 9 nitrogen and oxygen atoms in total. The highest BCUT2D eigenvalue weighted by Crippen LogP contribution is 2.43. The van der Waals surface area contributed by atoms with Crippen LogP contribution in [0.25, 0.3) is 0 Å². The van der Waals surface area contributed by atoms with Crippen molar-refractivity contribution in [3.8, 4) is 0 Å². The Kier molecular flexibility index (Phi) is 37.8. The Balaban J connectivity index is 4.53. The lowest BCUT2D eigenvalue weighted by molar-refractivity contribution is -0.870. The first-order valence-corrected chi connectivity index (χ1v) is 23.6. The van der Waals surface area contributed by atoms with E-state index in [1.807, 2.05) is 57.6 Å². The second-order valence-electron chi connectivity index (χ2n) is 15.6. The van der Waals surface area contributed by atoms with E-state index in [1.165, 1.54) is 64.2 Å². The van der Waals surface area contributed by atoms with Crippen LogP contribution in [0.1, 0.15) is 142 Å². The van der Waals surface area contributed by atoms with E-state index in [4.69, 9.17) is 18.5 Å². The molecule has 0 heterocycles. The van der Waals surface area contributed by atoms with Gasteiger partial charge in [-0.15, -0.1) is 0 Å². The predicted octanol–water partition coefficient (Wildman–Crippen LogP) is 12.4. The second kappa shape index (κ2) is 39.7. The molecule has 0 spiro atoms. The summed E-state index contributed by atoms with van der Waals surface area (Å²) in [6.07, 6.45) is 51.5. The minimum atomic E-state index is -4.31. The summed E-state index contributed by atoms with van der Waals surface area (Å²) in [7, 11) is 1.56. The zero-order chi connectivity index (χ0) is 42.8. The van der Waals surface area contributed by atoms with E-state index in [0.29, 0.717) is 23.9 Å². The van der Waals surface area contributed by atoms with Crippen LogP contribution in [0, 0.1) is 0 Å². The molecule has 0 aliphatic rings. The summed E-state index contributed by atoms with van der Waals surface area (Å²) in [6, 6.07) is 0. The number of hydrogen-bond donors (Lipinski definition) is 2. The molecule has 10 heteroatoms. The topological polar surface area (TPSA) is 112 Å². The lowest BCUT2D eigenvalue weighted by Gasteiger charge is -2.24. The van der Waals surface area contributed by atoms with Gasteiger partial charge in [-0.05, 0) is 83.1 Å². The Morgan fingerprint density at radius 2 is 1.22 bits per heavy atom. The van der Waals surface area contributed by atoms with Gasteiger partial charge in [0.05, 0.1) is 40.1 Å². The van der Waals surface area contributed by atoms with Crippen LogP contribution in [0.5, 0.6) is 0 Å². The van der Waals surface area contributed by atoms with Crippen LogP contribution in [0.3, 0.4) is 0 Å². The van der Waals surface area contributed by atoms with Gasteiger partial charge in [0, 0.05) is 6.42 Å². The average molecular weight is 833 g/mol. The number of nitrogens with zero attached hydrogens (tertiary/aromatic N) is 1. The SMILES string of the molecule is CC/C=C\C/C=C\C/C=C\C/C=C\C=C/C(O)C/C=C\CCC(=O)OC[C@H](COP(=O)(O)OCC[N+](C)(C)C)O/C=C/CCCCCCCC/C=C\CCCCCC. The number of rotatable bonds is 39. The number of unbranched alkanes of at least 4 members (excludes halogenated alkanes) is 11. The Bertz CT molecular complexity index is 1260. The summed E-state index contributed by atoms with van der Waals surface area (Å²) in [6.45, 7) is 4.54. The minimum Gasteiger partial charge on any atom is -0.492 e. The van der Waals surface area contributed by atoms with Crippen LogP contribution in [-0.2, 0) is 27.9 Å². The number of phosphoric acid groups is 1. The van der Waals surface area contributed by atoms with Crippen LogP contribution < -0.4 is 0 Å². The van der Waals surface area contributed by atoms with Crippen molar-refractivity contribution in [2.24, 2.45) is 0 Å². The molecule has 0 rings (SSSR count). The maximum atomic E-state index is 12.5. The summed E-state index contributed by atoms with van der Waals surface area (Å²) in [5.41, 5.74) is 0. The number of esters is 1. The molecule has 0 saturated carbocycles. The fourth-order valence-corrected chi connectivity index (χ4v) is 6.03. The first kappa shape index (κ1) is 55.2. The third kappa shape index (κ3) is 42.8. The summed E-state index contributed by atoms with van der Waals surface area (Å²) in [4.78, 5) is 22.7. The van der Waals surface area contributed by atoms with Crippen molar-refractivity contribution < 1.29 is 42.4 Å². The highest BCUT2D eigenvalue weighted by atomic mass is 31.2. The standard InChI is InChI=1S/C48H82NO8P/c1-6-8-10-12-14-16-18-20-21-22-24-26-28-30-32-37-42-54-47(45-57-58(52,53)56-43-41-49(3,4)5)44-55-48(51)40-36-33-35-39-46(50)38-34-31-29-27-25-23-19-17-15-13-11-9-7-2/h9,11,15-18,23,25,29,31,33-35,37-38,42,46-47,50H,6-8,10,12-14,19-22,24,26-28,30,32,36,39-41,43-45H2,1-5H3/p+1/b11-9-,17-15-,18-16-,25-23-,31-29-,35-33-,38-34-,42-37+/t46?,47-/m1/s1. The number of aliphatic hydroxyl groups is 1. The van der Waals surface area contributed by atoms with Crippen molar-refractivity contribution >= 4 is 13.8 Å². The smallest absolute Gasteiger partial charge is 0.472 e. The molecule has 332 valence electrons. The summed E-state index contributed by atoms with van der Waals surface area (Å²) < 4.78 is 34.6. The monoisotopic (exact) mass is 833 g/mol. The number of hydrogen-bond acceptors (Lipinski definition) is 7. The van der Waals surface area contributed by atoms with Gasteiger partial charge in [0.15, 0.2) is 6.10 Å². The highest BCUT2D eigenvalue weighted by molar-refractivity contribution is 7.47. The third-order valence-electron chi connectivity index (χ3n) is 8.81. The van der Waals surface area contributed by atoms with E-state index >= 15 is 0 Å². The van der Waals surface area contributed by atoms with Gasteiger partial charge < -0.3 is 24.0 Å². The number of phosphoric ester groups is 1. The molecule has 0 aromatic carbocycles. The van der Waals surface area contributed by atoms with Crippen LogP contribution >= 0.6 is 7.82 Å². The van der Waals surface area contributed by atoms with Gasteiger partial charge in [-0.25, -0.2) is 4.57 Å². The van der Waals surface area contributed by atoms with Gasteiger partial charge in [0.1, 0.15) is 19.8 Å². The summed E-state index contributed by atoms with van der Waals surface area (Å²) >= 11 is 0. The van der Waals surface area contributed by atoms with Crippen LogP contribution in [-0.4, -0.2) is 80.2 Å². The number of likely N-dealkylation sites (N-methyl/N-ethyl adjacent to an activating group) is 1. The molecule has 0 aromatic heterocycles. The molecule has 58 heavy (non-hydrogen) atoms. The number of carbonyl (C=O) groups excluding carboxylic acids is 1. The van der Waals surface area contributed by atoms with E-state index in [2.05, 4.69) is 62.5 Å². The molecule has 3 atom stereocenters. The molecular formula is C48H83NO8P+. The number of aliphatic hydroxyl groups excluding tert-OH is 1. The number of ether oxygens (including phenoxy) is 2. The molecule has 0 bridgehead atoms. The maximum Gasteiger partial charge on any atom is 0.472 e. The first-order chi connectivity index (χ1) is 28.0. The van der Waals surface area contributed by atoms with Crippen molar-refractivity contribution in [1.29, 1.82) is 0 Å². The zero-order valence-corrected chi connectivity index (χ0v) is 38.0. The molecular weight excluding hydrogens is 750 g/mol.